The fourth-order valence-corrected chi connectivity index (χ4v) is 7.14. The van der Waals surface area contributed by atoms with Gasteiger partial charge in [0.2, 0.25) is 11.8 Å². The lowest BCUT2D eigenvalue weighted by Crippen LogP contribution is -2.55. The van der Waals surface area contributed by atoms with Crippen LogP contribution in [0.25, 0.3) is 0 Å². The van der Waals surface area contributed by atoms with Crippen molar-refractivity contribution in [2.75, 3.05) is 36.6 Å². The number of aromatic nitrogens is 1. The van der Waals surface area contributed by atoms with Crippen LogP contribution in [0.15, 0.2) is 89.7 Å². The molecule has 0 spiro atoms. The number of aliphatic hydroxyl groups is 1. The van der Waals surface area contributed by atoms with Gasteiger partial charge in [0.15, 0.2) is 0 Å². The molecule has 0 saturated carbocycles. The monoisotopic (exact) mass is 756 g/mol. The molecule has 0 aliphatic carbocycles. The van der Waals surface area contributed by atoms with E-state index in [1.54, 1.807) is 32.2 Å². The molecular weight excluding hydrogens is 707 g/mol. The molecule has 2 aliphatic heterocycles. The largest absolute Gasteiger partial charge is 0.480 e. The first kappa shape index (κ1) is 39.6. The lowest BCUT2D eigenvalue weighted by Gasteiger charge is -2.48. The summed E-state index contributed by atoms with van der Waals surface area (Å²) in [5, 5.41) is 26.0. The predicted molar refractivity (Wildman–Crippen MR) is 203 cm³/mol. The van der Waals surface area contributed by atoms with E-state index in [9.17, 15) is 29.0 Å². The Hall–Kier alpha value is -5.11. The van der Waals surface area contributed by atoms with Gasteiger partial charge in [0.05, 0.1) is 37.5 Å². The zero-order chi connectivity index (χ0) is 39.0. The highest BCUT2D eigenvalue weighted by molar-refractivity contribution is 6.03. The fraction of sp³-hybridized carbons (Fsp3) is 0.429. The van der Waals surface area contributed by atoms with Gasteiger partial charge < -0.3 is 39.6 Å². The quantitative estimate of drug-likeness (QED) is 0.0620. The molecule has 0 bridgehead atoms. The third-order valence-corrected chi connectivity index (χ3v) is 10.5. The van der Waals surface area contributed by atoms with Crippen molar-refractivity contribution in [2.45, 2.75) is 76.2 Å². The average molecular weight is 757 g/mol. The van der Waals surface area contributed by atoms with Gasteiger partial charge in [0.1, 0.15) is 30.3 Å². The van der Waals surface area contributed by atoms with Gasteiger partial charge in [-0.3, -0.25) is 9.59 Å². The van der Waals surface area contributed by atoms with Crippen LogP contribution in [0.1, 0.15) is 73.9 Å². The van der Waals surface area contributed by atoms with Crippen molar-refractivity contribution >= 4 is 29.5 Å². The molecule has 1 aromatic heterocycles. The molecule has 13 heteroatoms. The highest BCUT2D eigenvalue weighted by atomic mass is 19.1. The number of ether oxygens (including phenoxy) is 2. The highest BCUT2D eigenvalue weighted by Crippen LogP contribution is 2.46. The number of halogens is 1. The molecule has 3 aromatic carbocycles. The maximum Gasteiger partial charge on any atom is 0.326 e. The summed E-state index contributed by atoms with van der Waals surface area (Å²) in [6, 6.07) is 21.2. The van der Waals surface area contributed by atoms with Crippen LogP contribution < -0.4 is 15.5 Å². The van der Waals surface area contributed by atoms with Gasteiger partial charge in [-0.15, -0.1) is 0 Å². The zero-order valence-corrected chi connectivity index (χ0v) is 31.2. The fourth-order valence-electron chi connectivity index (χ4n) is 7.14. The van der Waals surface area contributed by atoms with Crippen LogP contribution in [0.4, 0.5) is 16.1 Å². The molecule has 3 heterocycles. The van der Waals surface area contributed by atoms with E-state index in [4.69, 9.17) is 13.9 Å². The number of amides is 2. The number of nitrogens with one attached hydrogen (secondary N) is 2. The number of carboxylic acids is 1. The van der Waals surface area contributed by atoms with Crippen LogP contribution >= 0.6 is 0 Å². The Labute approximate surface area is 320 Å². The molecule has 4 atom stereocenters. The first-order valence-electron chi connectivity index (χ1n) is 18.8. The summed E-state index contributed by atoms with van der Waals surface area (Å²) in [4.78, 5) is 43.7. The number of carbonyl (C=O) groups excluding carboxylic acids is 2. The van der Waals surface area contributed by atoms with Crippen molar-refractivity contribution in [2.24, 2.45) is 11.8 Å². The second-order valence-electron chi connectivity index (χ2n) is 14.8. The number of carbonyl (C=O) groups is 3. The first-order valence-corrected chi connectivity index (χ1v) is 18.8. The van der Waals surface area contributed by atoms with Crippen LogP contribution in [-0.4, -0.2) is 71.0 Å². The third kappa shape index (κ3) is 9.96. The molecule has 4 N–H and O–H groups in total. The summed E-state index contributed by atoms with van der Waals surface area (Å²) in [7, 11) is 0. The number of rotatable bonds is 20. The van der Waals surface area contributed by atoms with E-state index in [0.717, 1.165) is 35.2 Å². The molecule has 2 aliphatic rings. The van der Waals surface area contributed by atoms with Crippen LogP contribution in [-0.2, 0) is 36.7 Å². The molecular formula is C42H49FN4O8. The number of aliphatic carboxylic acids is 1. The maximum absolute atomic E-state index is 13.8. The Morgan fingerprint density at radius 3 is 2.33 bits per heavy atom. The Bertz CT molecular complexity index is 1860. The smallest absolute Gasteiger partial charge is 0.326 e. The second kappa shape index (κ2) is 18.0. The maximum atomic E-state index is 13.8. The standard InChI is InChI=1S/C42H49FN4O8/c1-27(2)37(40(51)52)46-36(49)24-55-42(25-53-26-42)20-19-29-5-9-31(10-6-29)38-34(17-18-35(48)30-11-13-32(43)14-12-30)39(50)47(38)33-15-7-28(8-16-33)4-3-21-44-41-45-22-23-54-41/h5-16,22-23,27,34-35,37-38,48H,3-4,17-21,24-26H2,1-2H3,(H,44,45)(H,46,49)(H,51,52)/t34-,35+,37?,38-/m1/s1. The number of aliphatic hydroxyl groups excluding tert-OH is 1. The van der Waals surface area contributed by atoms with Gasteiger partial charge in [-0.2, -0.15) is 0 Å². The van der Waals surface area contributed by atoms with Crippen molar-refractivity contribution in [3.05, 3.63) is 113 Å². The van der Waals surface area contributed by atoms with Gasteiger partial charge >= 0.3 is 5.97 Å². The second-order valence-corrected chi connectivity index (χ2v) is 14.8. The van der Waals surface area contributed by atoms with Crippen LogP contribution in [0.3, 0.4) is 0 Å². The number of hydrogen-bond donors (Lipinski definition) is 4. The normalized spacial score (nSPS) is 18.6. The summed E-state index contributed by atoms with van der Waals surface area (Å²) in [5.41, 5.74) is 3.93. The minimum absolute atomic E-state index is 0.0144. The number of aryl methyl sites for hydroxylation is 2. The molecule has 12 nitrogen and oxygen atoms in total. The summed E-state index contributed by atoms with van der Waals surface area (Å²) in [6.45, 7) is 4.59. The summed E-state index contributed by atoms with van der Waals surface area (Å²) < 4.78 is 30.2. The van der Waals surface area contributed by atoms with Crippen LogP contribution in [0, 0.1) is 17.7 Å². The summed E-state index contributed by atoms with van der Waals surface area (Å²) in [5.74, 6) is -2.58. The van der Waals surface area contributed by atoms with Gasteiger partial charge in [-0.1, -0.05) is 62.4 Å². The van der Waals surface area contributed by atoms with Gasteiger partial charge in [0.25, 0.3) is 6.01 Å². The van der Waals surface area contributed by atoms with E-state index in [-0.39, 0.29) is 36.2 Å². The van der Waals surface area contributed by atoms with Crippen molar-refractivity contribution in [3.8, 4) is 0 Å². The van der Waals surface area contributed by atoms with E-state index >= 15 is 0 Å². The van der Waals surface area contributed by atoms with Crippen molar-refractivity contribution in [1.29, 1.82) is 0 Å². The van der Waals surface area contributed by atoms with E-state index in [1.807, 2.05) is 53.4 Å². The van der Waals surface area contributed by atoms with Crippen LogP contribution in [0.5, 0.6) is 0 Å². The zero-order valence-electron chi connectivity index (χ0n) is 31.2. The third-order valence-electron chi connectivity index (χ3n) is 10.5. The number of oxazole rings is 1. The number of anilines is 2. The molecule has 2 saturated heterocycles. The van der Waals surface area contributed by atoms with Gasteiger partial charge in [-0.05, 0) is 91.0 Å². The van der Waals surface area contributed by atoms with Crippen molar-refractivity contribution < 1.29 is 42.9 Å². The average Bonchev–Trinajstić information content (AvgIpc) is 3.68. The summed E-state index contributed by atoms with van der Waals surface area (Å²) >= 11 is 0. The van der Waals surface area contributed by atoms with Gasteiger partial charge in [-0.25, -0.2) is 14.2 Å². The number of carboxylic acid groups (broad SMARTS) is 1. The van der Waals surface area contributed by atoms with E-state index < -0.39 is 29.6 Å². The van der Waals surface area contributed by atoms with Crippen LogP contribution in [0.2, 0.25) is 0 Å². The molecule has 4 aromatic rings. The Morgan fingerprint density at radius 1 is 1.02 bits per heavy atom. The molecule has 292 valence electrons. The highest BCUT2D eigenvalue weighted by Gasteiger charge is 2.48. The Morgan fingerprint density at radius 2 is 1.71 bits per heavy atom. The lowest BCUT2D eigenvalue weighted by molar-refractivity contribution is -0.212. The van der Waals surface area contributed by atoms with E-state index in [0.29, 0.717) is 57.0 Å². The number of hydrogen-bond acceptors (Lipinski definition) is 9. The molecule has 1 unspecified atom stereocenters. The van der Waals surface area contributed by atoms with Crippen molar-refractivity contribution in [3.63, 3.8) is 0 Å². The SMILES string of the molecule is CC(C)C(NC(=O)COC1(CCc2ccc([C@@H]3[C@@H](CC[C@H](O)c4ccc(F)cc4)C(=O)N3c3ccc(CCCNc4ncco4)cc3)cc2)COC1)C(=O)O. The van der Waals surface area contributed by atoms with Gasteiger partial charge in [0, 0.05) is 12.2 Å². The van der Waals surface area contributed by atoms with Crippen molar-refractivity contribution in [1.82, 2.24) is 10.3 Å². The number of β-lactam (4-membered cyclic amide) rings is 1. The Balaban J connectivity index is 1.09. The molecule has 2 fully saturated rings. The molecule has 55 heavy (non-hydrogen) atoms. The minimum Gasteiger partial charge on any atom is -0.480 e. The first-order chi connectivity index (χ1) is 26.5. The molecule has 0 radical (unpaired) electrons. The topological polar surface area (TPSA) is 163 Å². The van der Waals surface area contributed by atoms with E-state index in [1.165, 1.54) is 18.4 Å². The molecule has 2 amide bonds. The predicted octanol–water partition coefficient (Wildman–Crippen LogP) is 6.02. The number of benzene rings is 3. The minimum atomic E-state index is -1.09. The number of nitrogens with zero attached hydrogens (tertiary/aromatic N) is 2. The summed E-state index contributed by atoms with van der Waals surface area (Å²) in [6.07, 6.45) is 6.07. The Kier molecular flexibility index (Phi) is 13.0. The lowest BCUT2D eigenvalue weighted by atomic mass is 9.78. The molecule has 6 rings (SSSR count). The van der Waals surface area contributed by atoms with E-state index in [2.05, 4.69) is 15.6 Å².